The van der Waals surface area contributed by atoms with Gasteiger partial charge < -0.3 is 10.1 Å². The SMILES string of the molecule is CCOc1ccc2nc(Nc3c(Cl)cccc3Cl)sc2c1. The number of hydrogen-bond donors (Lipinski definition) is 1. The van der Waals surface area contributed by atoms with Crippen LogP contribution in [0.1, 0.15) is 6.92 Å². The zero-order valence-corrected chi connectivity index (χ0v) is 13.5. The molecule has 1 heterocycles. The topological polar surface area (TPSA) is 34.1 Å². The van der Waals surface area contributed by atoms with E-state index in [-0.39, 0.29) is 0 Å². The Morgan fingerprint density at radius 2 is 1.95 bits per heavy atom. The van der Waals surface area contributed by atoms with E-state index < -0.39 is 0 Å². The first-order valence-electron chi connectivity index (χ1n) is 6.42. The fourth-order valence-corrected chi connectivity index (χ4v) is 3.33. The molecule has 2 aromatic carbocycles. The third kappa shape index (κ3) is 3.07. The van der Waals surface area contributed by atoms with Crippen molar-refractivity contribution in [3.05, 3.63) is 46.4 Å². The highest BCUT2D eigenvalue weighted by atomic mass is 35.5. The molecule has 0 spiro atoms. The molecule has 3 nitrogen and oxygen atoms in total. The van der Waals surface area contributed by atoms with E-state index in [0.717, 1.165) is 21.1 Å². The molecule has 0 aliphatic carbocycles. The number of benzene rings is 2. The van der Waals surface area contributed by atoms with Crippen LogP contribution in [0, 0.1) is 0 Å². The zero-order valence-electron chi connectivity index (χ0n) is 11.2. The summed E-state index contributed by atoms with van der Waals surface area (Å²) in [5.74, 6) is 0.843. The quantitative estimate of drug-likeness (QED) is 0.657. The van der Waals surface area contributed by atoms with E-state index >= 15 is 0 Å². The Hall–Kier alpha value is -1.49. The molecule has 6 heteroatoms. The number of halogens is 2. The normalized spacial score (nSPS) is 10.8. The molecular weight excluding hydrogens is 327 g/mol. The molecule has 0 aliphatic rings. The van der Waals surface area contributed by atoms with Crippen molar-refractivity contribution >= 4 is 55.6 Å². The van der Waals surface area contributed by atoms with Gasteiger partial charge in [-0.3, -0.25) is 0 Å². The second kappa shape index (κ2) is 6.10. The summed E-state index contributed by atoms with van der Waals surface area (Å²) >= 11 is 13.8. The van der Waals surface area contributed by atoms with Crippen molar-refractivity contribution in [3.8, 4) is 5.75 Å². The Bertz CT molecular complexity index is 768. The maximum atomic E-state index is 6.15. The van der Waals surface area contributed by atoms with Crippen LogP contribution in [-0.2, 0) is 0 Å². The second-order valence-electron chi connectivity index (χ2n) is 4.30. The van der Waals surface area contributed by atoms with Gasteiger partial charge in [0.2, 0.25) is 0 Å². The maximum Gasteiger partial charge on any atom is 0.188 e. The second-order valence-corrected chi connectivity index (χ2v) is 6.15. The Balaban J connectivity index is 1.94. The van der Waals surface area contributed by atoms with Crippen LogP contribution in [0.15, 0.2) is 36.4 Å². The highest BCUT2D eigenvalue weighted by Gasteiger charge is 2.10. The number of hydrogen-bond acceptors (Lipinski definition) is 4. The van der Waals surface area contributed by atoms with Crippen molar-refractivity contribution in [3.63, 3.8) is 0 Å². The molecule has 0 saturated heterocycles. The molecule has 0 unspecified atom stereocenters. The largest absolute Gasteiger partial charge is 0.494 e. The number of ether oxygens (including phenoxy) is 1. The Morgan fingerprint density at radius 3 is 2.67 bits per heavy atom. The molecule has 0 bridgehead atoms. The standard InChI is InChI=1S/C15H12Cl2N2OS/c1-2-20-9-6-7-12-13(8-9)21-15(18-12)19-14-10(16)4-3-5-11(14)17/h3-8H,2H2,1H3,(H,18,19). The summed E-state index contributed by atoms with van der Waals surface area (Å²) in [5.41, 5.74) is 1.58. The number of rotatable bonds is 4. The predicted molar refractivity (Wildman–Crippen MR) is 90.5 cm³/mol. The number of anilines is 2. The molecule has 21 heavy (non-hydrogen) atoms. The van der Waals surface area contributed by atoms with Crippen molar-refractivity contribution < 1.29 is 4.74 Å². The number of nitrogens with zero attached hydrogens (tertiary/aromatic N) is 1. The van der Waals surface area contributed by atoms with Gasteiger partial charge in [-0.2, -0.15) is 0 Å². The first kappa shape index (κ1) is 14.4. The first-order valence-corrected chi connectivity index (χ1v) is 7.99. The lowest BCUT2D eigenvalue weighted by Gasteiger charge is -2.06. The minimum absolute atomic E-state index is 0.566. The fraction of sp³-hybridized carbons (Fsp3) is 0.133. The van der Waals surface area contributed by atoms with Crippen molar-refractivity contribution in [2.24, 2.45) is 0 Å². The van der Waals surface area contributed by atoms with Crippen molar-refractivity contribution in [1.82, 2.24) is 4.98 Å². The van der Waals surface area contributed by atoms with Crippen LogP contribution >= 0.6 is 34.5 Å². The minimum atomic E-state index is 0.566. The minimum Gasteiger partial charge on any atom is -0.494 e. The average molecular weight is 339 g/mol. The molecule has 0 aliphatic heterocycles. The molecule has 108 valence electrons. The number of nitrogens with one attached hydrogen (secondary N) is 1. The summed E-state index contributed by atoms with van der Waals surface area (Å²) < 4.78 is 6.54. The highest BCUT2D eigenvalue weighted by Crippen LogP contribution is 2.36. The fourth-order valence-electron chi connectivity index (χ4n) is 1.94. The maximum absolute atomic E-state index is 6.15. The summed E-state index contributed by atoms with van der Waals surface area (Å²) in [6.45, 7) is 2.61. The molecule has 0 amide bonds. The average Bonchev–Trinajstić information content (AvgIpc) is 2.85. The Morgan fingerprint density at radius 1 is 1.19 bits per heavy atom. The number of thiazole rings is 1. The summed E-state index contributed by atoms with van der Waals surface area (Å²) in [6, 6.07) is 11.2. The van der Waals surface area contributed by atoms with Crippen LogP contribution < -0.4 is 10.1 Å². The zero-order chi connectivity index (χ0) is 14.8. The van der Waals surface area contributed by atoms with Crippen LogP contribution in [0.3, 0.4) is 0 Å². The Labute approximate surface area is 136 Å². The smallest absolute Gasteiger partial charge is 0.188 e. The van der Waals surface area contributed by atoms with Crippen LogP contribution in [0.25, 0.3) is 10.2 Å². The highest BCUT2D eigenvalue weighted by molar-refractivity contribution is 7.22. The summed E-state index contributed by atoms with van der Waals surface area (Å²) in [5, 5.41) is 5.06. The van der Waals surface area contributed by atoms with E-state index in [9.17, 15) is 0 Å². The summed E-state index contributed by atoms with van der Waals surface area (Å²) in [7, 11) is 0. The van der Waals surface area contributed by atoms with Crippen LogP contribution in [0.4, 0.5) is 10.8 Å². The predicted octanol–water partition coefficient (Wildman–Crippen LogP) is 5.75. The number of aromatic nitrogens is 1. The van der Waals surface area contributed by atoms with E-state index in [2.05, 4.69) is 10.3 Å². The number of fused-ring (bicyclic) bond motifs is 1. The third-order valence-corrected chi connectivity index (χ3v) is 4.43. The van der Waals surface area contributed by atoms with Gasteiger partial charge in [-0.25, -0.2) is 4.98 Å². The summed E-state index contributed by atoms with van der Waals surface area (Å²) in [6.07, 6.45) is 0. The molecular formula is C15H12Cl2N2OS. The number of para-hydroxylation sites is 1. The van der Waals surface area contributed by atoms with E-state index in [1.807, 2.05) is 31.2 Å². The molecule has 1 N–H and O–H groups in total. The van der Waals surface area contributed by atoms with Gasteiger partial charge in [-0.1, -0.05) is 40.6 Å². The molecule has 0 radical (unpaired) electrons. The third-order valence-electron chi connectivity index (χ3n) is 2.87. The van der Waals surface area contributed by atoms with Crippen molar-refractivity contribution in [1.29, 1.82) is 0 Å². The lowest BCUT2D eigenvalue weighted by atomic mass is 10.3. The van der Waals surface area contributed by atoms with E-state index in [1.54, 1.807) is 12.1 Å². The van der Waals surface area contributed by atoms with Gasteiger partial charge in [0.05, 0.1) is 32.6 Å². The molecule has 3 rings (SSSR count). The van der Waals surface area contributed by atoms with Gasteiger partial charge in [0.15, 0.2) is 5.13 Å². The lowest BCUT2D eigenvalue weighted by molar-refractivity contribution is 0.341. The van der Waals surface area contributed by atoms with E-state index in [4.69, 9.17) is 27.9 Å². The molecule has 0 atom stereocenters. The van der Waals surface area contributed by atoms with Gasteiger partial charge in [0.1, 0.15) is 5.75 Å². The van der Waals surface area contributed by atoms with Gasteiger partial charge in [0.25, 0.3) is 0 Å². The van der Waals surface area contributed by atoms with Crippen molar-refractivity contribution in [2.45, 2.75) is 6.92 Å². The van der Waals surface area contributed by atoms with Gasteiger partial charge >= 0.3 is 0 Å². The molecule has 0 fully saturated rings. The Kier molecular flexibility index (Phi) is 4.19. The molecule has 3 aromatic rings. The van der Waals surface area contributed by atoms with Gasteiger partial charge in [0, 0.05) is 0 Å². The summed E-state index contributed by atoms with van der Waals surface area (Å²) in [4.78, 5) is 4.53. The van der Waals surface area contributed by atoms with Crippen LogP contribution in [0.5, 0.6) is 5.75 Å². The van der Waals surface area contributed by atoms with Crippen LogP contribution in [-0.4, -0.2) is 11.6 Å². The van der Waals surface area contributed by atoms with Crippen LogP contribution in [0.2, 0.25) is 10.0 Å². The lowest BCUT2D eigenvalue weighted by Crippen LogP contribution is -1.91. The monoisotopic (exact) mass is 338 g/mol. The van der Waals surface area contributed by atoms with Gasteiger partial charge in [-0.15, -0.1) is 0 Å². The van der Waals surface area contributed by atoms with E-state index in [0.29, 0.717) is 22.3 Å². The molecule has 0 saturated carbocycles. The van der Waals surface area contributed by atoms with Gasteiger partial charge in [-0.05, 0) is 37.3 Å². The molecule has 1 aromatic heterocycles. The first-order chi connectivity index (χ1) is 10.2. The van der Waals surface area contributed by atoms with Crippen molar-refractivity contribution in [2.75, 3.05) is 11.9 Å². The van der Waals surface area contributed by atoms with E-state index in [1.165, 1.54) is 11.3 Å².